The number of aromatic nitrogens is 1. The first-order valence-electron chi connectivity index (χ1n) is 7.67. The minimum Gasteiger partial charge on any atom is -0.352 e. The highest BCUT2D eigenvalue weighted by molar-refractivity contribution is 5.82. The molecule has 0 saturated carbocycles. The van der Waals surface area contributed by atoms with Crippen LogP contribution in [-0.2, 0) is 13.0 Å². The molecule has 5 nitrogen and oxygen atoms in total. The summed E-state index contributed by atoms with van der Waals surface area (Å²) in [5.41, 5.74) is 2.94. The van der Waals surface area contributed by atoms with Gasteiger partial charge in [0.15, 0.2) is 0 Å². The molecule has 1 aliphatic rings. The summed E-state index contributed by atoms with van der Waals surface area (Å²) >= 11 is 0. The highest BCUT2D eigenvalue weighted by atomic mass is 19.1. The lowest BCUT2D eigenvalue weighted by Crippen LogP contribution is -2.31. The predicted octanol–water partition coefficient (Wildman–Crippen LogP) is 3.84. The molecule has 0 bridgehead atoms. The monoisotopic (exact) mass is 323 g/mol. The molecule has 0 aliphatic carbocycles. The number of fused-ring (bicyclic) bond motifs is 2. The lowest BCUT2D eigenvalue weighted by Gasteiger charge is -2.30. The van der Waals surface area contributed by atoms with Gasteiger partial charge in [-0.3, -0.25) is 10.1 Å². The average molecular weight is 323 g/mol. The molecule has 0 atom stereocenters. The molecule has 0 N–H and O–H groups in total. The lowest BCUT2D eigenvalue weighted by molar-refractivity contribution is -0.384. The third kappa shape index (κ3) is 2.56. The fourth-order valence-electron chi connectivity index (χ4n) is 3.11. The summed E-state index contributed by atoms with van der Waals surface area (Å²) in [4.78, 5) is 17.2. The molecule has 6 heteroatoms. The van der Waals surface area contributed by atoms with E-state index in [-0.39, 0.29) is 11.5 Å². The number of pyridine rings is 1. The van der Waals surface area contributed by atoms with Crippen molar-refractivity contribution < 1.29 is 9.31 Å². The van der Waals surface area contributed by atoms with Crippen LogP contribution in [0.1, 0.15) is 11.1 Å². The van der Waals surface area contributed by atoms with Gasteiger partial charge in [0.2, 0.25) is 0 Å². The fourth-order valence-corrected chi connectivity index (χ4v) is 3.11. The first kappa shape index (κ1) is 14.6. The largest absolute Gasteiger partial charge is 0.352 e. The topological polar surface area (TPSA) is 59.3 Å². The van der Waals surface area contributed by atoms with Crippen molar-refractivity contribution >= 4 is 22.4 Å². The van der Waals surface area contributed by atoms with Crippen LogP contribution < -0.4 is 4.90 Å². The molecule has 3 aromatic rings. The van der Waals surface area contributed by atoms with Crippen molar-refractivity contribution in [1.29, 1.82) is 0 Å². The summed E-state index contributed by atoms with van der Waals surface area (Å²) < 4.78 is 13.3. The van der Waals surface area contributed by atoms with Crippen LogP contribution in [0.5, 0.6) is 0 Å². The summed E-state index contributed by atoms with van der Waals surface area (Å²) in [7, 11) is 0. The molecule has 4 rings (SSSR count). The van der Waals surface area contributed by atoms with Gasteiger partial charge in [0.05, 0.1) is 10.4 Å². The lowest BCUT2D eigenvalue weighted by atomic mass is 9.99. The number of anilines is 1. The molecule has 2 aromatic carbocycles. The van der Waals surface area contributed by atoms with Crippen LogP contribution in [0.2, 0.25) is 0 Å². The number of rotatable bonds is 2. The number of nitrogens with zero attached hydrogens (tertiary/aromatic N) is 3. The van der Waals surface area contributed by atoms with Crippen LogP contribution in [0.4, 0.5) is 15.9 Å². The zero-order chi connectivity index (χ0) is 16.7. The van der Waals surface area contributed by atoms with Crippen molar-refractivity contribution in [3.8, 4) is 0 Å². The van der Waals surface area contributed by atoms with Gasteiger partial charge >= 0.3 is 0 Å². The van der Waals surface area contributed by atoms with Crippen molar-refractivity contribution in [2.45, 2.75) is 13.0 Å². The van der Waals surface area contributed by atoms with Crippen LogP contribution in [0, 0.1) is 15.9 Å². The molecule has 0 saturated heterocycles. The van der Waals surface area contributed by atoms with E-state index in [0.717, 1.165) is 40.8 Å². The first-order chi connectivity index (χ1) is 11.6. The maximum Gasteiger partial charge on any atom is 0.270 e. The van der Waals surface area contributed by atoms with E-state index < -0.39 is 4.92 Å². The summed E-state index contributed by atoms with van der Waals surface area (Å²) in [6, 6.07) is 13.3. The standard InChI is InChI=1S/C18H14FN3O2/c19-15-3-1-14-11-21(8-7-12(14)9-15)18-6-2-13-10-16(22(23)24)4-5-17(13)20-18/h1-6,9-10H,7-8,11H2. The van der Waals surface area contributed by atoms with E-state index in [2.05, 4.69) is 9.88 Å². The van der Waals surface area contributed by atoms with Crippen molar-refractivity contribution in [2.75, 3.05) is 11.4 Å². The van der Waals surface area contributed by atoms with Crippen LogP contribution in [-0.4, -0.2) is 16.5 Å². The molecule has 0 radical (unpaired) electrons. The molecular weight excluding hydrogens is 309 g/mol. The Morgan fingerprint density at radius 2 is 1.96 bits per heavy atom. The summed E-state index contributed by atoms with van der Waals surface area (Å²) in [5, 5.41) is 11.6. The second-order valence-electron chi connectivity index (χ2n) is 5.89. The van der Waals surface area contributed by atoms with Gasteiger partial charge in [-0.2, -0.15) is 0 Å². The quantitative estimate of drug-likeness (QED) is 0.531. The number of halogens is 1. The van der Waals surface area contributed by atoms with Crippen LogP contribution in [0.25, 0.3) is 10.9 Å². The van der Waals surface area contributed by atoms with Gasteiger partial charge in [0, 0.05) is 30.6 Å². The van der Waals surface area contributed by atoms with Crippen molar-refractivity contribution in [3.05, 3.63) is 75.6 Å². The third-order valence-corrected chi connectivity index (χ3v) is 4.37. The zero-order valence-electron chi connectivity index (χ0n) is 12.8. The fraction of sp³-hybridized carbons (Fsp3) is 0.167. The maximum atomic E-state index is 13.3. The molecule has 0 unspecified atom stereocenters. The minimum atomic E-state index is -0.409. The van der Waals surface area contributed by atoms with Gasteiger partial charge in [-0.15, -0.1) is 0 Å². The Morgan fingerprint density at radius 1 is 1.08 bits per heavy atom. The Morgan fingerprint density at radius 3 is 2.79 bits per heavy atom. The van der Waals surface area contributed by atoms with Crippen molar-refractivity contribution in [2.24, 2.45) is 0 Å². The van der Waals surface area contributed by atoms with E-state index in [1.165, 1.54) is 18.2 Å². The zero-order valence-corrected chi connectivity index (χ0v) is 12.8. The third-order valence-electron chi connectivity index (χ3n) is 4.37. The normalized spacial score (nSPS) is 13.8. The molecule has 0 amide bonds. The highest BCUT2D eigenvalue weighted by Gasteiger charge is 2.18. The van der Waals surface area contributed by atoms with Gasteiger partial charge in [-0.1, -0.05) is 6.07 Å². The second kappa shape index (κ2) is 5.56. The predicted molar refractivity (Wildman–Crippen MR) is 89.6 cm³/mol. The number of nitro groups is 1. The van der Waals surface area contributed by atoms with Crippen LogP contribution >= 0.6 is 0 Å². The molecule has 2 heterocycles. The second-order valence-corrected chi connectivity index (χ2v) is 5.89. The molecule has 0 spiro atoms. The van der Waals surface area contributed by atoms with E-state index in [9.17, 15) is 14.5 Å². The molecule has 1 aliphatic heterocycles. The number of nitro benzene ring substituents is 1. The van der Waals surface area contributed by atoms with Crippen LogP contribution in [0.3, 0.4) is 0 Å². The maximum absolute atomic E-state index is 13.3. The smallest absolute Gasteiger partial charge is 0.270 e. The molecule has 120 valence electrons. The Bertz CT molecular complexity index is 958. The SMILES string of the molecule is O=[N+]([O-])c1ccc2nc(N3CCc4cc(F)ccc4C3)ccc2c1. The highest BCUT2D eigenvalue weighted by Crippen LogP contribution is 2.27. The number of hydrogen-bond acceptors (Lipinski definition) is 4. The summed E-state index contributed by atoms with van der Waals surface area (Å²) in [6.07, 6.45) is 0.771. The van der Waals surface area contributed by atoms with Gasteiger partial charge in [-0.05, 0) is 47.9 Å². The summed E-state index contributed by atoms with van der Waals surface area (Å²) in [6.45, 7) is 1.45. The van der Waals surface area contributed by atoms with E-state index in [1.54, 1.807) is 12.1 Å². The van der Waals surface area contributed by atoms with Gasteiger partial charge in [-0.25, -0.2) is 9.37 Å². The number of benzene rings is 2. The van der Waals surface area contributed by atoms with E-state index in [0.29, 0.717) is 6.54 Å². The van der Waals surface area contributed by atoms with E-state index in [1.807, 2.05) is 18.2 Å². The summed E-state index contributed by atoms with van der Waals surface area (Å²) in [5.74, 6) is 0.624. The minimum absolute atomic E-state index is 0.0611. The van der Waals surface area contributed by atoms with Gasteiger partial charge in [0.25, 0.3) is 5.69 Å². The Labute approximate surface area is 137 Å². The van der Waals surface area contributed by atoms with E-state index in [4.69, 9.17) is 0 Å². The molecule has 0 fully saturated rings. The molecular formula is C18H14FN3O2. The number of non-ortho nitro benzene ring substituents is 1. The molecule has 24 heavy (non-hydrogen) atoms. The average Bonchev–Trinajstić information content (AvgIpc) is 2.60. The Balaban J connectivity index is 1.66. The Kier molecular flexibility index (Phi) is 3.37. The van der Waals surface area contributed by atoms with Gasteiger partial charge in [0.1, 0.15) is 11.6 Å². The molecule has 1 aromatic heterocycles. The first-order valence-corrected chi connectivity index (χ1v) is 7.67. The van der Waals surface area contributed by atoms with Crippen molar-refractivity contribution in [3.63, 3.8) is 0 Å². The van der Waals surface area contributed by atoms with E-state index >= 15 is 0 Å². The van der Waals surface area contributed by atoms with Gasteiger partial charge < -0.3 is 4.90 Å². The Hall–Kier alpha value is -3.02. The number of hydrogen-bond donors (Lipinski definition) is 0. The van der Waals surface area contributed by atoms with Crippen LogP contribution in [0.15, 0.2) is 48.5 Å². The van der Waals surface area contributed by atoms with Crippen molar-refractivity contribution in [1.82, 2.24) is 4.98 Å².